The molecule has 1 unspecified atom stereocenters. The van der Waals surface area contributed by atoms with Crippen molar-refractivity contribution in [2.24, 2.45) is 0 Å². The summed E-state index contributed by atoms with van der Waals surface area (Å²) in [5.74, 6) is 2.32. The highest BCUT2D eigenvalue weighted by molar-refractivity contribution is 7.99. The van der Waals surface area contributed by atoms with Gasteiger partial charge >= 0.3 is 0 Å². The van der Waals surface area contributed by atoms with Crippen LogP contribution in [0.5, 0.6) is 0 Å². The Labute approximate surface area is 113 Å². The Hall–Kier alpha value is -1.16. The van der Waals surface area contributed by atoms with E-state index in [2.05, 4.69) is 10.6 Å². The van der Waals surface area contributed by atoms with Crippen molar-refractivity contribution >= 4 is 23.4 Å². The minimum absolute atomic E-state index is 0.0580. The Morgan fingerprint density at radius 3 is 2.89 bits per heavy atom. The van der Waals surface area contributed by atoms with E-state index in [1.165, 1.54) is 12.2 Å². The van der Waals surface area contributed by atoms with Gasteiger partial charge in [0.15, 0.2) is 0 Å². The average Bonchev–Trinajstić information content (AvgIpc) is 2.39. The van der Waals surface area contributed by atoms with Crippen LogP contribution in [-0.2, 0) is 0 Å². The molecule has 2 rings (SSSR count). The molecule has 1 fully saturated rings. The molecule has 1 heterocycles. The number of carbonyl (C=O) groups is 1. The maximum Gasteiger partial charge on any atom is 0.251 e. The first kappa shape index (κ1) is 13.3. The molecule has 0 aliphatic carbocycles. The first-order valence-electron chi connectivity index (χ1n) is 6.37. The zero-order chi connectivity index (χ0) is 13.0. The number of thioether (sulfide) groups is 1. The van der Waals surface area contributed by atoms with E-state index in [-0.39, 0.29) is 5.91 Å². The van der Waals surface area contributed by atoms with Crippen LogP contribution < -0.4 is 10.6 Å². The summed E-state index contributed by atoms with van der Waals surface area (Å²) in [6, 6.07) is 6.17. The second kappa shape index (κ2) is 6.14. The van der Waals surface area contributed by atoms with E-state index >= 15 is 0 Å². The lowest BCUT2D eigenvalue weighted by atomic mass is 10.1. The summed E-state index contributed by atoms with van der Waals surface area (Å²) in [5, 5.41) is 6.21. The number of anilines is 1. The van der Waals surface area contributed by atoms with Crippen LogP contribution >= 0.6 is 11.8 Å². The van der Waals surface area contributed by atoms with E-state index in [0.717, 1.165) is 29.0 Å². The van der Waals surface area contributed by atoms with E-state index in [9.17, 15) is 4.79 Å². The number of hydrogen-bond donors (Lipinski definition) is 2. The van der Waals surface area contributed by atoms with Crippen molar-refractivity contribution in [1.29, 1.82) is 0 Å². The average molecular weight is 264 g/mol. The van der Waals surface area contributed by atoms with Crippen LogP contribution in [0.2, 0.25) is 0 Å². The Morgan fingerprint density at radius 1 is 1.44 bits per heavy atom. The molecule has 1 aromatic carbocycles. The third-order valence-electron chi connectivity index (χ3n) is 3.26. The molecular formula is C14H20N2OS. The topological polar surface area (TPSA) is 41.1 Å². The van der Waals surface area contributed by atoms with E-state index in [1.54, 1.807) is 0 Å². The summed E-state index contributed by atoms with van der Waals surface area (Å²) in [7, 11) is 1.88. The lowest BCUT2D eigenvalue weighted by molar-refractivity contribution is 0.0938. The molecule has 1 amide bonds. The highest BCUT2D eigenvalue weighted by atomic mass is 32.2. The van der Waals surface area contributed by atoms with Gasteiger partial charge in [-0.05, 0) is 49.3 Å². The molecule has 18 heavy (non-hydrogen) atoms. The molecule has 0 bridgehead atoms. The maximum atomic E-state index is 12.2. The summed E-state index contributed by atoms with van der Waals surface area (Å²) in [6.45, 7) is 1.98. The van der Waals surface area contributed by atoms with Crippen LogP contribution in [0.4, 0.5) is 5.69 Å². The van der Waals surface area contributed by atoms with E-state index < -0.39 is 0 Å². The normalized spacial score (nSPS) is 19.3. The zero-order valence-corrected chi connectivity index (χ0v) is 11.8. The second-order valence-electron chi connectivity index (χ2n) is 4.67. The minimum atomic E-state index is 0.0580. The molecule has 1 saturated heterocycles. The summed E-state index contributed by atoms with van der Waals surface area (Å²) < 4.78 is 0. The molecular weight excluding hydrogens is 244 g/mol. The van der Waals surface area contributed by atoms with Gasteiger partial charge in [-0.2, -0.15) is 11.8 Å². The lowest BCUT2D eigenvalue weighted by Gasteiger charge is -2.22. The smallest absolute Gasteiger partial charge is 0.251 e. The Kier molecular flexibility index (Phi) is 4.53. The van der Waals surface area contributed by atoms with Gasteiger partial charge in [0.05, 0.1) is 0 Å². The fraction of sp³-hybridized carbons (Fsp3) is 0.500. The standard InChI is InChI=1S/C14H20N2OS/c1-10-8-11(15-2)5-6-13(10)14(17)16-12-4-3-7-18-9-12/h5-6,8,12,15H,3-4,7,9H2,1-2H3,(H,16,17). The van der Waals surface area contributed by atoms with Crippen molar-refractivity contribution < 1.29 is 4.79 Å². The van der Waals surface area contributed by atoms with E-state index in [4.69, 9.17) is 0 Å². The number of hydrogen-bond acceptors (Lipinski definition) is 3. The summed E-state index contributed by atoms with van der Waals surface area (Å²) in [5.41, 5.74) is 2.84. The third kappa shape index (κ3) is 3.19. The SMILES string of the molecule is CNc1ccc(C(=O)NC2CCCSC2)c(C)c1. The van der Waals surface area contributed by atoms with Crippen LogP contribution in [0.15, 0.2) is 18.2 Å². The first-order valence-corrected chi connectivity index (χ1v) is 7.53. The highest BCUT2D eigenvalue weighted by Crippen LogP contribution is 2.19. The number of amides is 1. The summed E-state index contributed by atoms with van der Waals surface area (Å²) in [6.07, 6.45) is 2.31. The van der Waals surface area contributed by atoms with E-state index in [1.807, 2.05) is 43.9 Å². The summed E-state index contributed by atoms with van der Waals surface area (Å²) >= 11 is 1.93. The number of benzene rings is 1. The number of carbonyl (C=O) groups excluding carboxylic acids is 1. The van der Waals surface area contributed by atoms with Crippen LogP contribution in [0, 0.1) is 6.92 Å². The number of aryl methyl sites for hydroxylation is 1. The van der Waals surface area contributed by atoms with Crippen molar-refractivity contribution in [3.8, 4) is 0 Å². The van der Waals surface area contributed by atoms with Gasteiger partial charge in [0, 0.05) is 30.1 Å². The van der Waals surface area contributed by atoms with Gasteiger partial charge in [0.25, 0.3) is 5.91 Å². The molecule has 0 radical (unpaired) electrons. The van der Waals surface area contributed by atoms with Crippen molar-refractivity contribution in [1.82, 2.24) is 5.32 Å². The fourth-order valence-electron chi connectivity index (χ4n) is 2.19. The molecule has 1 aliphatic rings. The molecule has 1 aliphatic heterocycles. The van der Waals surface area contributed by atoms with Crippen molar-refractivity contribution in [2.75, 3.05) is 23.9 Å². The van der Waals surface area contributed by atoms with Gasteiger partial charge in [-0.1, -0.05) is 0 Å². The first-order chi connectivity index (χ1) is 8.70. The van der Waals surface area contributed by atoms with Gasteiger partial charge in [0.2, 0.25) is 0 Å². The van der Waals surface area contributed by atoms with Crippen LogP contribution in [0.25, 0.3) is 0 Å². The Balaban J connectivity index is 2.03. The van der Waals surface area contributed by atoms with Gasteiger partial charge in [-0.15, -0.1) is 0 Å². The molecule has 0 spiro atoms. The molecule has 0 saturated carbocycles. The van der Waals surface area contributed by atoms with Crippen LogP contribution in [0.1, 0.15) is 28.8 Å². The van der Waals surface area contributed by atoms with Crippen molar-refractivity contribution in [2.45, 2.75) is 25.8 Å². The quantitative estimate of drug-likeness (QED) is 0.882. The van der Waals surface area contributed by atoms with Crippen LogP contribution in [0.3, 0.4) is 0 Å². The van der Waals surface area contributed by atoms with Gasteiger partial charge < -0.3 is 10.6 Å². The monoisotopic (exact) mass is 264 g/mol. The maximum absolute atomic E-state index is 12.2. The molecule has 2 N–H and O–H groups in total. The molecule has 98 valence electrons. The van der Waals surface area contributed by atoms with Gasteiger partial charge in [-0.25, -0.2) is 0 Å². The van der Waals surface area contributed by atoms with Crippen molar-refractivity contribution in [3.63, 3.8) is 0 Å². The van der Waals surface area contributed by atoms with Gasteiger partial charge in [-0.3, -0.25) is 4.79 Å². The largest absolute Gasteiger partial charge is 0.388 e. The Bertz CT molecular complexity index is 428. The minimum Gasteiger partial charge on any atom is -0.388 e. The highest BCUT2D eigenvalue weighted by Gasteiger charge is 2.17. The molecule has 4 heteroatoms. The molecule has 1 aromatic rings. The number of rotatable bonds is 3. The lowest BCUT2D eigenvalue weighted by Crippen LogP contribution is -2.38. The van der Waals surface area contributed by atoms with Crippen LogP contribution in [-0.4, -0.2) is 30.5 Å². The third-order valence-corrected chi connectivity index (χ3v) is 4.47. The predicted molar refractivity (Wildman–Crippen MR) is 78.5 cm³/mol. The number of nitrogens with one attached hydrogen (secondary N) is 2. The Morgan fingerprint density at radius 2 is 2.28 bits per heavy atom. The molecule has 3 nitrogen and oxygen atoms in total. The van der Waals surface area contributed by atoms with E-state index in [0.29, 0.717) is 6.04 Å². The van der Waals surface area contributed by atoms with Crippen molar-refractivity contribution in [3.05, 3.63) is 29.3 Å². The summed E-state index contributed by atoms with van der Waals surface area (Å²) in [4.78, 5) is 12.2. The fourth-order valence-corrected chi connectivity index (χ4v) is 3.26. The predicted octanol–water partition coefficient (Wildman–Crippen LogP) is 2.66. The zero-order valence-electron chi connectivity index (χ0n) is 11.0. The molecule has 1 atom stereocenters. The van der Waals surface area contributed by atoms with Gasteiger partial charge in [0.1, 0.15) is 0 Å². The molecule has 0 aromatic heterocycles. The second-order valence-corrected chi connectivity index (χ2v) is 5.82.